The Bertz CT molecular complexity index is 5160. The summed E-state index contributed by atoms with van der Waals surface area (Å²) in [5, 5.41) is 19.8. The standard InChI is InChI=1S/C22H23Cl2N3O4.C15H20ClN3O3.C12H12Cl2N2O2.C10H11ClN2O.C9H11ClN2O.C7H4Cl2O.C7H8ClN.C3H9NO.C2H2Cl2O.C2H4O2.CH4/c1-15-18(24)7-4-8-19(15)27-14-26(13-21(27)29)20(28)12-25(9-10-31-2)22(30)16-5-3-6-17(23)11-16;1-11-12(16)4-3-5-13(11)19-10-18(9-15(19)21)14(20)8-17-6-7-22-2;1-8-9(14)3-2-4-10(8)16-7-15(6-12(16)18)11(17)5-13;1-7-8(11)3-2-4-9(7)13-6-12-5-10(13)14;1-6-7(10)3-2-4-8(6)12-9(13)5-11;8-6-3-1-2-5(4-6)7(9)10;1-5-6(8)3-2-4-7(5)9;1-5-3-2-4;3-1-2(4)5;1-2(3)4;/h3-8,11H,9-10,12-14H2,1-2H3;3-5,17H,6-10H2,1-2H3;2-4H,5-7H2,1H3;2-4,12H,5-6H2,1H3;2-4H,5,11H2,1H3,(H,12,13);1-4H;2-4H,9H2,1H3;2-4H2,1H3;1H2;1H3,(H,3,4);1H4. The van der Waals surface area contributed by atoms with Crippen LogP contribution in [0.3, 0.4) is 0 Å². The first kappa shape index (κ1) is 119. The number of halogens is 12. The van der Waals surface area contributed by atoms with E-state index in [0.717, 1.165) is 68.1 Å². The summed E-state index contributed by atoms with van der Waals surface area (Å²) in [5.74, 6) is -2.61. The second-order valence-electron chi connectivity index (χ2n) is 27.8. The van der Waals surface area contributed by atoms with E-state index in [1.165, 1.54) is 37.7 Å². The van der Waals surface area contributed by atoms with Gasteiger partial charge in [-0.3, -0.25) is 82.5 Å². The Balaban J connectivity index is 0.000000523. The van der Waals surface area contributed by atoms with Crippen molar-refractivity contribution in [3.63, 3.8) is 0 Å². The number of carbonyl (C=O) groups is 12. The van der Waals surface area contributed by atoms with E-state index in [4.69, 9.17) is 176 Å². The molecule has 132 heavy (non-hydrogen) atoms. The Morgan fingerprint density at radius 1 is 0.477 bits per heavy atom. The minimum Gasteiger partial charge on any atom is -0.481 e. The molecule has 0 atom stereocenters. The first-order chi connectivity index (χ1) is 62.1. The Morgan fingerprint density at radius 3 is 1.20 bits per heavy atom. The number of rotatable bonds is 22. The number of nitrogens with one attached hydrogen (secondary N) is 3. The lowest BCUT2D eigenvalue weighted by atomic mass is 10.2. The van der Waals surface area contributed by atoms with Crippen molar-refractivity contribution < 1.29 is 76.9 Å². The van der Waals surface area contributed by atoms with Crippen LogP contribution in [0.15, 0.2) is 158 Å². The number of amides is 9. The normalized spacial score (nSPS) is 12.6. The van der Waals surface area contributed by atoms with Crippen LogP contribution < -0.4 is 52.8 Å². The molecule has 4 aliphatic heterocycles. The van der Waals surface area contributed by atoms with Gasteiger partial charge in [-0.2, -0.15) is 0 Å². The molecule has 0 aliphatic carbocycles. The summed E-state index contributed by atoms with van der Waals surface area (Å²) in [6.07, 6.45) is 0. The van der Waals surface area contributed by atoms with E-state index in [1.54, 1.807) is 132 Å². The number of carbonyl (C=O) groups excluding carboxylic acids is 11. The molecule has 8 aromatic rings. The molecule has 0 spiro atoms. The number of hydrogen-bond donors (Lipinski definition) is 7. The molecule has 10 N–H and O–H groups in total. The number of carboxylic acids is 1. The number of ether oxygens (including phenoxy) is 3. The molecule has 9 amide bonds. The van der Waals surface area contributed by atoms with E-state index in [-0.39, 0.29) is 145 Å². The predicted molar refractivity (Wildman–Crippen MR) is 531 cm³/mol. The summed E-state index contributed by atoms with van der Waals surface area (Å²) in [6, 6.07) is 45.6. The van der Waals surface area contributed by atoms with Gasteiger partial charge in [-0.05, 0) is 207 Å². The third kappa shape index (κ3) is 40.5. The van der Waals surface area contributed by atoms with Crippen LogP contribution in [0.5, 0.6) is 0 Å². The number of carboxylic acid groups (broad SMARTS) is 1. The molecule has 4 aliphatic rings. The van der Waals surface area contributed by atoms with Gasteiger partial charge in [-0.15, -0.1) is 23.2 Å². The van der Waals surface area contributed by atoms with Gasteiger partial charge in [0.1, 0.15) is 52.1 Å². The summed E-state index contributed by atoms with van der Waals surface area (Å²) >= 11 is 67.7. The van der Waals surface area contributed by atoms with Crippen LogP contribution in [-0.4, -0.2) is 239 Å². The van der Waals surface area contributed by atoms with Gasteiger partial charge in [-0.25, -0.2) is 0 Å². The molecule has 0 unspecified atom stereocenters. The molecule has 4 heterocycles. The van der Waals surface area contributed by atoms with E-state index in [1.807, 2.05) is 90.1 Å². The Morgan fingerprint density at radius 2 is 0.848 bits per heavy atom. The van der Waals surface area contributed by atoms with Crippen molar-refractivity contribution in [3.8, 4) is 0 Å². The number of aliphatic carboxylic acids is 1. The number of benzene rings is 8. The lowest BCUT2D eigenvalue weighted by Gasteiger charge is -2.25. The number of nitrogens with zero attached hydrogens (tertiary/aromatic N) is 8. The molecular formula is C90H108Cl12N14O16. The number of anilines is 6. The first-order valence-corrected chi connectivity index (χ1v) is 44.3. The average Bonchev–Trinajstić information content (AvgIpc) is 1.67. The second kappa shape index (κ2) is 63.1. The lowest BCUT2D eigenvalue weighted by molar-refractivity contribution is -0.134. The van der Waals surface area contributed by atoms with Crippen molar-refractivity contribution >= 4 is 243 Å². The maximum atomic E-state index is 13.0. The summed E-state index contributed by atoms with van der Waals surface area (Å²) in [5.41, 5.74) is 26.2. The Hall–Kier alpha value is -9.20. The molecule has 0 bridgehead atoms. The zero-order chi connectivity index (χ0) is 98.3. The highest BCUT2D eigenvalue weighted by molar-refractivity contribution is 6.68. The molecule has 4 fully saturated rings. The molecule has 0 saturated carbocycles. The summed E-state index contributed by atoms with van der Waals surface area (Å²) in [6.45, 7) is 16.9. The largest absolute Gasteiger partial charge is 0.481 e. The number of hydrogen-bond acceptors (Lipinski definition) is 20. The van der Waals surface area contributed by atoms with E-state index in [2.05, 4.69) is 20.7 Å². The zero-order valence-electron chi connectivity index (χ0n) is 73.4. The van der Waals surface area contributed by atoms with Crippen molar-refractivity contribution in [2.75, 3.05) is 176 Å². The molecule has 12 rings (SSSR count). The highest BCUT2D eigenvalue weighted by Crippen LogP contribution is 2.34. The van der Waals surface area contributed by atoms with Gasteiger partial charge in [0.15, 0.2) is 0 Å². The van der Waals surface area contributed by atoms with Gasteiger partial charge in [0.05, 0.1) is 52.0 Å². The summed E-state index contributed by atoms with van der Waals surface area (Å²) in [7, 11) is 4.76. The van der Waals surface area contributed by atoms with Crippen LogP contribution in [0.4, 0.5) is 34.1 Å². The first-order valence-electron chi connectivity index (χ1n) is 39.5. The highest BCUT2D eigenvalue weighted by Gasteiger charge is 2.36. The molecular weight excluding hydrogens is 1960 g/mol. The zero-order valence-corrected chi connectivity index (χ0v) is 82.4. The Kier molecular flexibility index (Phi) is 56.8. The predicted octanol–water partition coefficient (Wildman–Crippen LogP) is 15.6. The van der Waals surface area contributed by atoms with Crippen LogP contribution in [0, 0.1) is 41.5 Å². The smallest absolute Gasteiger partial charge is 0.300 e. The summed E-state index contributed by atoms with van der Waals surface area (Å²) in [4.78, 5) is 150. The fourth-order valence-electron chi connectivity index (χ4n) is 11.4. The quantitative estimate of drug-likeness (QED) is 0.0143. The number of alkyl halides is 2. The molecule has 30 nitrogen and oxygen atoms in total. The molecule has 0 aromatic heterocycles. The lowest BCUT2D eigenvalue weighted by Crippen LogP contribution is -2.44. The molecule has 8 aromatic carbocycles. The van der Waals surface area contributed by atoms with Crippen molar-refractivity contribution in [2.24, 2.45) is 11.5 Å². The SMILES string of the molecule is C.CC(=O)O.COCCN.COCCN(CC(=O)N1CC(=O)N(c2cccc(Cl)c2C)C1)C(=O)c1cccc(Cl)c1.COCCNCC(=O)N1CC(=O)N(c2cccc(Cl)c2C)C1.Cc1c(Cl)cccc1N1CN(C(=O)CCl)CC1=O.Cc1c(Cl)cccc1N1CNCC1=O.Cc1c(Cl)cccc1NC(=O)CN.Cc1c(N)cccc1Cl.O=C(Cl)CCl.O=C(Cl)c1cccc(Cl)c1. The monoisotopic (exact) mass is 2060 g/mol. The van der Waals surface area contributed by atoms with Gasteiger partial charge in [-0.1, -0.05) is 149 Å². The third-order valence-corrected chi connectivity index (χ3v) is 22.4. The van der Waals surface area contributed by atoms with Gasteiger partial charge in [0, 0.05) is 133 Å². The van der Waals surface area contributed by atoms with Crippen molar-refractivity contribution in [3.05, 3.63) is 242 Å². The maximum absolute atomic E-state index is 13.0. The van der Waals surface area contributed by atoms with Crippen LogP contribution in [0.25, 0.3) is 0 Å². The molecule has 718 valence electrons. The summed E-state index contributed by atoms with van der Waals surface area (Å²) < 4.78 is 14.6. The maximum Gasteiger partial charge on any atom is 0.300 e. The van der Waals surface area contributed by atoms with Gasteiger partial charge >= 0.3 is 0 Å². The van der Waals surface area contributed by atoms with Crippen molar-refractivity contribution in [1.82, 2.24) is 30.2 Å². The van der Waals surface area contributed by atoms with Crippen molar-refractivity contribution in [1.29, 1.82) is 0 Å². The number of methoxy groups -OCH3 is 3. The van der Waals surface area contributed by atoms with E-state index >= 15 is 0 Å². The van der Waals surface area contributed by atoms with Crippen molar-refractivity contribution in [2.45, 2.75) is 55.9 Å². The molecule has 4 saturated heterocycles. The van der Waals surface area contributed by atoms with E-state index < -0.39 is 16.5 Å². The second-order valence-corrected chi connectivity index (χ2v) is 32.4. The van der Waals surface area contributed by atoms with Crippen LogP contribution in [-0.2, 0) is 62.2 Å². The molecule has 0 radical (unpaired) electrons. The minimum absolute atomic E-state index is 0. The molecule has 42 heteroatoms. The van der Waals surface area contributed by atoms with E-state index in [0.29, 0.717) is 97.2 Å². The fraction of sp³-hybridized carbons (Fsp3) is 0.333. The van der Waals surface area contributed by atoms with Gasteiger partial charge < -0.3 is 66.8 Å². The average molecular weight is 2070 g/mol. The Labute approximate surface area is 829 Å². The number of nitrogens with two attached hydrogens (primary N) is 3. The van der Waals surface area contributed by atoms with Crippen LogP contribution in [0.2, 0.25) is 40.2 Å². The fourth-order valence-corrected chi connectivity index (χ4v) is 13.1. The third-order valence-electron chi connectivity index (χ3n) is 18.5. The van der Waals surface area contributed by atoms with Crippen LogP contribution >= 0.6 is 139 Å². The van der Waals surface area contributed by atoms with Gasteiger partial charge in [0.25, 0.3) is 17.1 Å². The van der Waals surface area contributed by atoms with Crippen LogP contribution in [0.1, 0.15) is 68.4 Å². The van der Waals surface area contributed by atoms with E-state index in [9.17, 15) is 52.7 Å². The minimum atomic E-state index is -0.833. The number of nitrogen functional groups attached to an aromatic ring is 1. The highest BCUT2D eigenvalue weighted by atomic mass is 35.5. The van der Waals surface area contributed by atoms with Gasteiger partial charge in [0.2, 0.25) is 52.5 Å². The topological polar surface area (TPSA) is 393 Å².